The molecule has 3 rings (SSSR count). The molecule has 0 radical (unpaired) electrons. The number of nitrogens with zero attached hydrogens (tertiary/aromatic N) is 4. The van der Waals surface area contributed by atoms with Crippen LogP contribution in [0.25, 0.3) is 11.2 Å². The Hall–Kier alpha value is -2.81. The molecule has 1 N–H and O–H groups in total. The van der Waals surface area contributed by atoms with Crippen molar-refractivity contribution in [3.8, 4) is 0 Å². The van der Waals surface area contributed by atoms with Crippen LogP contribution in [0.3, 0.4) is 0 Å². The summed E-state index contributed by atoms with van der Waals surface area (Å²) in [6.45, 7) is 6.31. The molecule has 1 amide bonds. The summed E-state index contributed by atoms with van der Waals surface area (Å²) in [5, 5.41) is 3.45. The van der Waals surface area contributed by atoms with Crippen LogP contribution in [0.5, 0.6) is 0 Å². The van der Waals surface area contributed by atoms with Gasteiger partial charge >= 0.3 is 5.69 Å². The number of amides is 1. The molecular formula is C19H23N5O3S. The molecule has 0 fully saturated rings. The minimum Gasteiger partial charge on any atom is -0.325 e. The summed E-state index contributed by atoms with van der Waals surface area (Å²) in [6, 6.07) is 5.89. The predicted molar refractivity (Wildman–Crippen MR) is 111 cm³/mol. The Bertz CT molecular complexity index is 1190. The molecule has 9 heteroatoms. The maximum atomic E-state index is 12.5. The van der Waals surface area contributed by atoms with Crippen LogP contribution >= 0.6 is 11.8 Å². The van der Waals surface area contributed by atoms with Crippen molar-refractivity contribution in [1.82, 2.24) is 18.7 Å². The number of hydrogen-bond acceptors (Lipinski definition) is 5. The zero-order valence-corrected chi connectivity index (χ0v) is 17.4. The lowest BCUT2D eigenvalue weighted by Crippen LogP contribution is -2.37. The number of aryl methyl sites for hydroxylation is 4. The third-order valence-electron chi connectivity index (χ3n) is 4.63. The van der Waals surface area contributed by atoms with Crippen LogP contribution < -0.4 is 16.6 Å². The number of fused-ring (bicyclic) bond motifs is 1. The topological polar surface area (TPSA) is 90.9 Å². The molecule has 8 nitrogen and oxygen atoms in total. The Morgan fingerprint density at radius 1 is 1.18 bits per heavy atom. The first kappa shape index (κ1) is 19.9. The number of nitrogens with one attached hydrogen (secondary N) is 1. The van der Waals surface area contributed by atoms with Crippen LogP contribution in [0, 0.1) is 13.8 Å². The summed E-state index contributed by atoms with van der Waals surface area (Å²) in [7, 11) is 3.03. The molecule has 2 heterocycles. The highest BCUT2D eigenvalue weighted by Gasteiger charge is 2.19. The van der Waals surface area contributed by atoms with Crippen molar-refractivity contribution in [2.24, 2.45) is 14.1 Å². The van der Waals surface area contributed by atoms with Gasteiger partial charge in [-0.2, -0.15) is 0 Å². The lowest BCUT2D eigenvalue weighted by molar-refractivity contribution is -0.113. The first-order chi connectivity index (χ1) is 13.2. The summed E-state index contributed by atoms with van der Waals surface area (Å²) in [4.78, 5) is 41.6. The predicted octanol–water partition coefficient (Wildman–Crippen LogP) is 1.80. The molecule has 0 bridgehead atoms. The number of anilines is 1. The maximum absolute atomic E-state index is 12.5. The number of imidazole rings is 1. The van der Waals surface area contributed by atoms with Gasteiger partial charge < -0.3 is 9.88 Å². The summed E-state index contributed by atoms with van der Waals surface area (Å²) >= 11 is 1.24. The smallest absolute Gasteiger partial charge is 0.325 e. The number of hydrogen-bond donors (Lipinski definition) is 1. The van der Waals surface area contributed by atoms with E-state index in [0.29, 0.717) is 22.9 Å². The van der Waals surface area contributed by atoms with E-state index in [-0.39, 0.29) is 17.2 Å². The van der Waals surface area contributed by atoms with Gasteiger partial charge in [-0.15, -0.1) is 0 Å². The first-order valence-electron chi connectivity index (χ1n) is 8.90. The van der Waals surface area contributed by atoms with Crippen LogP contribution in [0.15, 0.2) is 32.9 Å². The van der Waals surface area contributed by atoms with Gasteiger partial charge in [0.1, 0.15) is 0 Å². The van der Waals surface area contributed by atoms with Crippen molar-refractivity contribution in [2.75, 3.05) is 11.1 Å². The number of carbonyl (C=O) groups is 1. The highest BCUT2D eigenvalue weighted by molar-refractivity contribution is 7.99. The van der Waals surface area contributed by atoms with Gasteiger partial charge in [-0.3, -0.25) is 18.7 Å². The second kappa shape index (κ2) is 7.67. The fourth-order valence-electron chi connectivity index (χ4n) is 3.02. The van der Waals surface area contributed by atoms with E-state index in [1.807, 2.05) is 39.0 Å². The largest absolute Gasteiger partial charge is 0.332 e. The second-order valence-electron chi connectivity index (χ2n) is 6.67. The Kier molecular flexibility index (Phi) is 5.46. The monoisotopic (exact) mass is 401 g/mol. The average molecular weight is 401 g/mol. The van der Waals surface area contributed by atoms with Crippen LogP contribution in [0.2, 0.25) is 0 Å². The molecule has 1 aromatic carbocycles. The van der Waals surface area contributed by atoms with Gasteiger partial charge in [0.15, 0.2) is 16.3 Å². The summed E-state index contributed by atoms with van der Waals surface area (Å²) < 4.78 is 4.16. The molecule has 0 aliphatic rings. The Labute approximate surface area is 166 Å². The first-order valence-corrected chi connectivity index (χ1v) is 9.89. The third-order valence-corrected chi connectivity index (χ3v) is 5.61. The molecule has 148 valence electrons. The highest BCUT2D eigenvalue weighted by Crippen LogP contribution is 2.22. The van der Waals surface area contributed by atoms with Crippen molar-refractivity contribution in [3.05, 3.63) is 50.2 Å². The van der Waals surface area contributed by atoms with E-state index in [9.17, 15) is 14.4 Å². The van der Waals surface area contributed by atoms with Crippen LogP contribution in [0.4, 0.5) is 5.69 Å². The van der Waals surface area contributed by atoms with E-state index < -0.39 is 5.69 Å². The van der Waals surface area contributed by atoms with Gasteiger partial charge in [0.2, 0.25) is 5.91 Å². The molecule has 0 unspecified atom stereocenters. The van der Waals surface area contributed by atoms with Gasteiger partial charge in [0, 0.05) is 26.3 Å². The fraction of sp³-hybridized carbons (Fsp3) is 0.368. The molecule has 28 heavy (non-hydrogen) atoms. The summed E-state index contributed by atoms with van der Waals surface area (Å²) in [5.41, 5.74) is 2.71. The molecule has 0 saturated carbocycles. The third kappa shape index (κ3) is 3.49. The van der Waals surface area contributed by atoms with Gasteiger partial charge in [0.25, 0.3) is 5.56 Å². The summed E-state index contributed by atoms with van der Waals surface area (Å²) in [5.74, 6) is -0.0134. The van der Waals surface area contributed by atoms with Crippen molar-refractivity contribution in [2.45, 2.75) is 32.5 Å². The number of rotatable bonds is 5. The standard InChI is InChI=1S/C19H23N5O3S/c1-6-24-15-16(22(4)19(27)23(5)17(15)26)21-18(24)28-10-14(25)20-13-9-11(2)7-8-12(13)3/h7-9H,6,10H2,1-5H3,(H,20,25). The van der Waals surface area contributed by atoms with E-state index in [1.54, 1.807) is 11.6 Å². The van der Waals surface area contributed by atoms with E-state index in [1.165, 1.54) is 23.4 Å². The molecule has 0 aliphatic carbocycles. The number of benzene rings is 1. The molecule has 2 aromatic heterocycles. The molecular weight excluding hydrogens is 378 g/mol. The number of aromatic nitrogens is 4. The van der Waals surface area contributed by atoms with Gasteiger partial charge in [-0.25, -0.2) is 9.78 Å². The highest BCUT2D eigenvalue weighted by atomic mass is 32.2. The SMILES string of the molecule is CCn1c(SCC(=O)Nc2cc(C)ccc2C)nc2c1c(=O)n(C)c(=O)n2C. The Morgan fingerprint density at radius 3 is 2.57 bits per heavy atom. The quantitative estimate of drug-likeness (QED) is 0.659. The molecule has 0 saturated heterocycles. The molecule has 0 atom stereocenters. The zero-order valence-electron chi connectivity index (χ0n) is 16.6. The van der Waals surface area contributed by atoms with Gasteiger partial charge in [0.05, 0.1) is 5.75 Å². The van der Waals surface area contributed by atoms with Crippen molar-refractivity contribution < 1.29 is 4.79 Å². The number of thioether (sulfide) groups is 1. The molecule has 3 aromatic rings. The van der Waals surface area contributed by atoms with Gasteiger partial charge in [-0.1, -0.05) is 23.9 Å². The molecule has 0 spiro atoms. The van der Waals surface area contributed by atoms with Gasteiger partial charge in [-0.05, 0) is 38.0 Å². The van der Waals surface area contributed by atoms with Crippen molar-refractivity contribution in [3.63, 3.8) is 0 Å². The minimum atomic E-state index is -0.428. The van der Waals surface area contributed by atoms with E-state index >= 15 is 0 Å². The fourth-order valence-corrected chi connectivity index (χ4v) is 3.88. The van der Waals surface area contributed by atoms with E-state index in [4.69, 9.17) is 0 Å². The normalized spacial score (nSPS) is 11.2. The lowest BCUT2D eigenvalue weighted by Gasteiger charge is -2.09. The molecule has 0 aliphatic heterocycles. The average Bonchev–Trinajstić information content (AvgIpc) is 3.04. The van der Waals surface area contributed by atoms with Crippen LogP contribution in [0.1, 0.15) is 18.1 Å². The Morgan fingerprint density at radius 2 is 1.89 bits per heavy atom. The second-order valence-corrected chi connectivity index (χ2v) is 7.61. The minimum absolute atomic E-state index is 0.144. The van der Waals surface area contributed by atoms with Crippen molar-refractivity contribution in [1.29, 1.82) is 0 Å². The van der Waals surface area contributed by atoms with E-state index in [2.05, 4.69) is 10.3 Å². The van der Waals surface area contributed by atoms with Crippen LogP contribution in [-0.4, -0.2) is 30.3 Å². The Balaban J connectivity index is 1.88. The van der Waals surface area contributed by atoms with Crippen molar-refractivity contribution >= 4 is 34.5 Å². The maximum Gasteiger partial charge on any atom is 0.332 e. The number of carbonyl (C=O) groups excluding carboxylic acids is 1. The van der Waals surface area contributed by atoms with Crippen LogP contribution in [-0.2, 0) is 25.4 Å². The van der Waals surface area contributed by atoms with E-state index in [0.717, 1.165) is 21.4 Å². The zero-order chi connectivity index (χ0) is 20.6. The summed E-state index contributed by atoms with van der Waals surface area (Å²) in [6.07, 6.45) is 0. The lowest BCUT2D eigenvalue weighted by atomic mass is 10.1.